The Morgan fingerprint density at radius 1 is 1.71 bits per heavy atom. The van der Waals surface area contributed by atoms with Crippen LogP contribution in [0.4, 0.5) is 0 Å². The molecule has 1 aliphatic rings. The number of ether oxygens (including phenoxy) is 1. The van der Waals surface area contributed by atoms with Crippen molar-refractivity contribution in [1.82, 2.24) is 14.9 Å². The molecule has 1 aliphatic heterocycles. The molecular formula is C12H21N3O2. The average molecular weight is 239 g/mol. The first-order valence-electron chi connectivity index (χ1n) is 6.19. The van der Waals surface area contributed by atoms with Crippen LogP contribution in [0.15, 0.2) is 12.5 Å². The van der Waals surface area contributed by atoms with E-state index in [1.54, 1.807) is 0 Å². The molecule has 5 nitrogen and oxygen atoms in total. The molecule has 0 saturated carbocycles. The molecule has 2 unspecified atom stereocenters. The summed E-state index contributed by atoms with van der Waals surface area (Å²) in [6.07, 6.45) is 4.29. The first-order chi connectivity index (χ1) is 8.15. The fourth-order valence-electron chi connectivity index (χ4n) is 2.19. The highest BCUT2D eigenvalue weighted by Gasteiger charge is 2.38. The minimum atomic E-state index is -0.725. The van der Waals surface area contributed by atoms with Crippen LogP contribution >= 0.6 is 0 Å². The SMILES string of the molecule is CCn1cncc1CNCC1(O)CCOC1C. The molecule has 2 N–H and O–H groups in total. The van der Waals surface area contributed by atoms with Gasteiger partial charge in [-0.1, -0.05) is 0 Å². The maximum Gasteiger partial charge on any atom is 0.105 e. The van der Waals surface area contributed by atoms with Crippen LogP contribution < -0.4 is 5.32 Å². The first-order valence-corrected chi connectivity index (χ1v) is 6.19. The van der Waals surface area contributed by atoms with Crippen LogP contribution in [-0.2, 0) is 17.8 Å². The number of imidazole rings is 1. The molecule has 0 bridgehead atoms. The van der Waals surface area contributed by atoms with Crippen LogP contribution in [0, 0.1) is 0 Å². The fourth-order valence-corrected chi connectivity index (χ4v) is 2.19. The second-order valence-corrected chi connectivity index (χ2v) is 4.64. The van der Waals surface area contributed by atoms with E-state index in [1.807, 2.05) is 19.4 Å². The summed E-state index contributed by atoms with van der Waals surface area (Å²) < 4.78 is 7.48. The zero-order valence-electron chi connectivity index (χ0n) is 10.5. The lowest BCUT2D eigenvalue weighted by Crippen LogP contribution is -2.45. The highest BCUT2D eigenvalue weighted by molar-refractivity contribution is 4.99. The van der Waals surface area contributed by atoms with Crippen molar-refractivity contribution in [1.29, 1.82) is 0 Å². The second-order valence-electron chi connectivity index (χ2n) is 4.64. The van der Waals surface area contributed by atoms with E-state index in [0.29, 0.717) is 19.6 Å². The lowest BCUT2D eigenvalue weighted by atomic mass is 9.97. The molecule has 0 aromatic carbocycles. The molecule has 5 heteroatoms. The predicted molar refractivity (Wildman–Crippen MR) is 64.6 cm³/mol. The summed E-state index contributed by atoms with van der Waals surface area (Å²) in [6.45, 7) is 6.86. The summed E-state index contributed by atoms with van der Waals surface area (Å²) in [5.74, 6) is 0. The van der Waals surface area contributed by atoms with E-state index in [1.165, 1.54) is 0 Å². The number of hydrogen-bond donors (Lipinski definition) is 2. The Labute approximate surface area is 102 Å². The number of aromatic nitrogens is 2. The first kappa shape index (κ1) is 12.5. The van der Waals surface area contributed by atoms with E-state index >= 15 is 0 Å². The number of hydrogen-bond acceptors (Lipinski definition) is 4. The van der Waals surface area contributed by atoms with Gasteiger partial charge in [0.25, 0.3) is 0 Å². The van der Waals surface area contributed by atoms with Gasteiger partial charge in [0.2, 0.25) is 0 Å². The van der Waals surface area contributed by atoms with Gasteiger partial charge in [-0.2, -0.15) is 0 Å². The van der Waals surface area contributed by atoms with Crippen molar-refractivity contribution in [2.75, 3.05) is 13.2 Å². The number of nitrogens with zero attached hydrogens (tertiary/aromatic N) is 2. The third kappa shape index (κ3) is 2.68. The van der Waals surface area contributed by atoms with Gasteiger partial charge in [-0.05, 0) is 13.8 Å². The Morgan fingerprint density at radius 3 is 3.18 bits per heavy atom. The van der Waals surface area contributed by atoms with Gasteiger partial charge in [-0.25, -0.2) is 4.98 Å². The standard InChI is InChI=1S/C12H21N3O2/c1-3-15-9-14-7-11(15)6-13-8-12(16)4-5-17-10(12)2/h7,9-10,13,16H,3-6,8H2,1-2H3. The molecular weight excluding hydrogens is 218 g/mol. The van der Waals surface area contributed by atoms with Crippen molar-refractivity contribution < 1.29 is 9.84 Å². The van der Waals surface area contributed by atoms with E-state index in [9.17, 15) is 5.11 Å². The second kappa shape index (κ2) is 5.16. The average Bonchev–Trinajstić information content (AvgIpc) is 2.88. The van der Waals surface area contributed by atoms with Gasteiger partial charge >= 0.3 is 0 Å². The molecule has 1 aromatic rings. The molecule has 2 heterocycles. The van der Waals surface area contributed by atoms with E-state index in [0.717, 1.165) is 18.8 Å². The third-order valence-corrected chi connectivity index (χ3v) is 3.54. The van der Waals surface area contributed by atoms with Crippen LogP contribution in [0.3, 0.4) is 0 Å². The maximum atomic E-state index is 10.3. The topological polar surface area (TPSA) is 59.3 Å². The van der Waals surface area contributed by atoms with Crippen molar-refractivity contribution in [2.24, 2.45) is 0 Å². The van der Waals surface area contributed by atoms with Gasteiger partial charge < -0.3 is 19.7 Å². The molecule has 96 valence electrons. The summed E-state index contributed by atoms with van der Waals surface area (Å²) in [5, 5.41) is 13.6. The zero-order valence-corrected chi connectivity index (χ0v) is 10.5. The van der Waals surface area contributed by atoms with Crippen molar-refractivity contribution in [2.45, 2.75) is 45.1 Å². The van der Waals surface area contributed by atoms with Crippen molar-refractivity contribution >= 4 is 0 Å². The highest BCUT2D eigenvalue weighted by Crippen LogP contribution is 2.24. The molecule has 0 amide bonds. The summed E-state index contributed by atoms with van der Waals surface area (Å²) in [6, 6.07) is 0. The van der Waals surface area contributed by atoms with Crippen LogP contribution in [0.25, 0.3) is 0 Å². The van der Waals surface area contributed by atoms with Gasteiger partial charge in [-0.3, -0.25) is 0 Å². The van der Waals surface area contributed by atoms with Crippen LogP contribution in [0.2, 0.25) is 0 Å². The zero-order chi connectivity index (χ0) is 12.3. The van der Waals surface area contributed by atoms with Gasteiger partial charge in [0.15, 0.2) is 0 Å². The van der Waals surface area contributed by atoms with E-state index in [2.05, 4.69) is 21.8 Å². The lowest BCUT2D eigenvalue weighted by Gasteiger charge is -2.26. The van der Waals surface area contributed by atoms with Crippen LogP contribution in [-0.4, -0.2) is 39.5 Å². The number of aliphatic hydroxyl groups is 1. The highest BCUT2D eigenvalue weighted by atomic mass is 16.5. The Kier molecular flexibility index (Phi) is 3.81. The van der Waals surface area contributed by atoms with Crippen LogP contribution in [0.1, 0.15) is 26.0 Å². The number of rotatable bonds is 5. The molecule has 0 aliphatic carbocycles. The lowest BCUT2D eigenvalue weighted by molar-refractivity contribution is -0.0263. The smallest absolute Gasteiger partial charge is 0.105 e. The normalized spacial score (nSPS) is 28.8. The van der Waals surface area contributed by atoms with Crippen molar-refractivity contribution in [3.05, 3.63) is 18.2 Å². The monoisotopic (exact) mass is 239 g/mol. The number of nitrogens with one attached hydrogen (secondary N) is 1. The minimum absolute atomic E-state index is 0.0916. The van der Waals surface area contributed by atoms with Crippen molar-refractivity contribution in [3.63, 3.8) is 0 Å². The Morgan fingerprint density at radius 2 is 2.53 bits per heavy atom. The quantitative estimate of drug-likeness (QED) is 0.787. The van der Waals surface area contributed by atoms with Gasteiger partial charge in [0.1, 0.15) is 5.60 Å². The summed E-state index contributed by atoms with van der Waals surface area (Å²) in [5.41, 5.74) is 0.416. The fraction of sp³-hybridized carbons (Fsp3) is 0.750. The Hall–Kier alpha value is -0.910. The Bertz CT molecular complexity index is 366. The number of aryl methyl sites for hydroxylation is 1. The molecule has 0 spiro atoms. The minimum Gasteiger partial charge on any atom is -0.386 e. The summed E-state index contributed by atoms with van der Waals surface area (Å²) >= 11 is 0. The molecule has 1 saturated heterocycles. The molecule has 2 atom stereocenters. The molecule has 1 fully saturated rings. The molecule has 2 rings (SSSR count). The van der Waals surface area contributed by atoms with Gasteiger partial charge in [0.05, 0.1) is 18.1 Å². The Balaban J connectivity index is 1.83. The van der Waals surface area contributed by atoms with E-state index in [4.69, 9.17) is 4.74 Å². The molecule has 1 aromatic heterocycles. The summed E-state index contributed by atoms with van der Waals surface area (Å²) in [7, 11) is 0. The largest absolute Gasteiger partial charge is 0.386 e. The van der Waals surface area contributed by atoms with Crippen LogP contribution in [0.5, 0.6) is 0 Å². The molecule has 0 radical (unpaired) electrons. The van der Waals surface area contributed by atoms with Crippen molar-refractivity contribution in [3.8, 4) is 0 Å². The van der Waals surface area contributed by atoms with Gasteiger partial charge in [0, 0.05) is 38.9 Å². The molecule has 17 heavy (non-hydrogen) atoms. The summed E-state index contributed by atoms with van der Waals surface area (Å²) in [4.78, 5) is 4.11. The van der Waals surface area contributed by atoms with E-state index < -0.39 is 5.60 Å². The van der Waals surface area contributed by atoms with Gasteiger partial charge in [-0.15, -0.1) is 0 Å². The third-order valence-electron chi connectivity index (χ3n) is 3.54. The van der Waals surface area contributed by atoms with E-state index in [-0.39, 0.29) is 6.10 Å². The maximum absolute atomic E-state index is 10.3. The predicted octanol–water partition coefficient (Wildman–Crippen LogP) is 0.532.